The summed E-state index contributed by atoms with van der Waals surface area (Å²) in [4.78, 5) is 27.2. The molecule has 2 aliphatic rings. The molecule has 1 saturated heterocycles. The van der Waals surface area contributed by atoms with E-state index in [0.717, 1.165) is 0 Å². The van der Waals surface area contributed by atoms with Crippen LogP contribution in [-0.2, 0) is 6.54 Å². The molecule has 2 aromatic carbocycles. The molecule has 2 aromatic rings. The molecule has 4 N–H and O–H groups in total. The molecule has 4 rings (SSSR count). The van der Waals surface area contributed by atoms with E-state index in [0.29, 0.717) is 31.5 Å². The van der Waals surface area contributed by atoms with Gasteiger partial charge in [-0.2, -0.15) is 0 Å². The first-order valence-electron chi connectivity index (χ1n) is 10.3. The molecular weight excluding hydrogens is 402 g/mol. The number of ketones is 2. The molecule has 0 amide bonds. The van der Waals surface area contributed by atoms with Crippen molar-refractivity contribution in [3.8, 4) is 17.2 Å². The van der Waals surface area contributed by atoms with Crippen molar-refractivity contribution in [1.29, 1.82) is 0 Å². The highest BCUT2D eigenvalue weighted by Gasteiger charge is 2.42. The van der Waals surface area contributed by atoms with Crippen molar-refractivity contribution in [2.75, 3.05) is 13.1 Å². The summed E-state index contributed by atoms with van der Waals surface area (Å²) in [5.74, 6) is -2.54. The van der Waals surface area contributed by atoms with E-state index >= 15 is 0 Å². The van der Waals surface area contributed by atoms with E-state index in [4.69, 9.17) is 4.74 Å². The van der Waals surface area contributed by atoms with E-state index < -0.39 is 35.3 Å². The lowest BCUT2D eigenvalue weighted by Gasteiger charge is -2.34. The van der Waals surface area contributed by atoms with Crippen molar-refractivity contribution in [2.45, 2.75) is 44.6 Å². The number of aromatic hydroxyl groups is 2. The number of aliphatic hydroxyl groups excluding tert-OH is 2. The average Bonchev–Trinajstić information content (AvgIpc) is 2.74. The number of aliphatic hydroxyl groups is 2. The normalized spacial score (nSPS) is 22.1. The maximum absolute atomic E-state index is 13.1. The Morgan fingerprint density at radius 1 is 1.10 bits per heavy atom. The number of hydrogen-bond acceptors (Lipinski definition) is 8. The van der Waals surface area contributed by atoms with Gasteiger partial charge in [-0.1, -0.05) is 30.3 Å². The first-order chi connectivity index (χ1) is 14.8. The Morgan fingerprint density at radius 3 is 2.35 bits per heavy atom. The second kappa shape index (κ2) is 8.30. The number of rotatable bonds is 4. The minimum atomic E-state index is -1.58. The Balaban J connectivity index is 1.84. The number of fused-ring (bicyclic) bond motifs is 1. The lowest BCUT2D eigenvalue weighted by atomic mass is 9.88. The Kier molecular flexibility index (Phi) is 5.70. The van der Waals surface area contributed by atoms with Gasteiger partial charge >= 0.3 is 0 Å². The van der Waals surface area contributed by atoms with Crippen molar-refractivity contribution in [3.05, 3.63) is 52.6 Å². The number of nitrogens with zero attached hydrogens (tertiary/aromatic N) is 1. The summed E-state index contributed by atoms with van der Waals surface area (Å²) in [6, 6.07) is 8.71. The van der Waals surface area contributed by atoms with E-state index in [1.54, 1.807) is 30.3 Å². The van der Waals surface area contributed by atoms with Gasteiger partial charge in [-0.05, 0) is 25.3 Å². The number of benzene rings is 2. The molecule has 2 atom stereocenters. The summed E-state index contributed by atoms with van der Waals surface area (Å²) in [5, 5.41) is 41.9. The van der Waals surface area contributed by atoms with E-state index in [9.17, 15) is 30.0 Å². The van der Waals surface area contributed by atoms with Crippen LogP contribution in [0.5, 0.6) is 17.2 Å². The zero-order valence-corrected chi connectivity index (χ0v) is 17.1. The van der Waals surface area contributed by atoms with Crippen LogP contribution >= 0.6 is 0 Å². The Bertz CT molecular complexity index is 1010. The second-order valence-electron chi connectivity index (χ2n) is 8.08. The molecule has 0 aromatic heterocycles. The summed E-state index contributed by atoms with van der Waals surface area (Å²) in [6.45, 7) is 2.46. The average molecular weight is 427 g/mol. The number of likely N-dealkylation sites (tertiary alicyclic amines) is 1. The molecule has 0 saturated carbocycles. The van der Waals surface area contributed by atoms with E-state index in [1.807, 2.05) is 4.90 Å². The minimum absolute atomic E-state index is 0.0322. The molecule has 164 valence electrons. The summed E-state index contributed by atoms with van der Waals surface area (Å²) in [7, 11) is 0. The van der Waals surface area contributed by atoms with Crippen LogP contribution < -0.4 is 4.74 Å². The van der Waals surface area contributed by atoms with Crippen molar-refractivity contribution < 1.29 is 34.8 Å². The van der Waals surface area contributed by atoms with Crippen LogP contribution in [0.15, 0.2) is 30.3 Å². The van der Waals surface area contributed by atoms with Gasteiger partial charge in [0.2, 0.25) is 5.78 Å². The van der Waals surface area contributed by atoms with Crippen LogP contribution in [0.3, 0.4) is 0 Å². The van der Waals surface area contributed by atoms with Gasteiger partial charge in [0.15, 0.2) is 18.0 Å². The largest absolute Gasteiger partial charge is 0.507 e. The Morgan fingerprint density at radius 2 is 1.74 bits per heavy atom. The molecule has 2 unspecified atom stereocenters. The van der Waals surface area contributed by atoms with E-state index in [2.05, 4.69) is 0 Å². The standard InChI is InChI=1S/C23H25NO7/c1-12(25)16-18(27)15(11-24-9-7-14(26)8-10-24)23-17(19(16)28)20(29)21(30)22(31-23)13-5-3-2-4-6-13/h2-6,14,21-22,26-28,30H,7-11H2,1H3. The first kappa shape index (κ1) is 21.3. The van der Waals surface area contributed by atoms with Gasteiger partial charge in [0.05, 0.1) is 11.7 Å². The van der Waals surface area contributed by atoms with Crippen LogP contribution in [0.2, 0.25) is 0 Å². The zero-order valence-electron chi connectivity index (χ0n) is 17.1. The molecule has 8 nitrogen and oxygen atoms in total. The van der Waals surface area contributed by atoms with Gasteiger partial charge in [0.1, 0.15) is 28.4 Å². The Labute approximate surface area is 179 Å². The number of carbonyl (C=O) groups is 2. The highest BCUT2D eigenvalue weighted by Crippen LogP contribution is 2.48. The third-order valence-corrected chi connectivity index (χ3v) is 5.96. The van der Waals surface area contributed by atoms with Crippen LogP contribution in [0.4, 0.5) is 0 Å². The number of hydrogen-bond donors (Lipinski definition) is 4. The van der Waals surface area contributed by atoms with Gasteiger partial charge < -0.3 is 25.2 Å². The summed E-state index contributed by atoms with van der Waals surface area (Å²) in [5.41, 5.74) is 0.106. The molecule has 2 heterocycles. The summed E-state index contributed by atoms with van der Waals surface area (Å²) >= 11 is 0. The number of Topliss-reactive ketones (excluding diaryl/α,β-unsaturated/α-hetero) is 2. The van der Waals surface area contributed by atoms with Crippen molar-refractivity contribution in [2.24, 2.45) is 0 Å². The van der Waals surface area contributed by atoms with Crippen molar-refractivity contribution in [1.82, 2.24) is 4.90 Å². The SMILES string of the molecule is CC(=O)c1c(O)c(CN2CCC(O)CC2)c2c(c1O)C(=O)C(O)C(c1ccccc1)O2. The highest BCUT2D eigenvalue weighted by atomic mass is 16.5. The second-order valence-corrected chi connectivity index (χ2v) is 8.08. The number of carbonyl (C=O) groups excluding carboxylic acids is 2. The molecular formula is C23H25NO7. The lowest BCUT2D eigenvalue weighted by molar-refractivity contribution is 0.0198. The highest BCUT2D eigenvalue weighted by molar-refractivity contribution is 6.11. The van der Waals surface area contributed by atoms with Crippen molar-refractivity contribution in [3.63, 3.8) is 0 Å². The first-order valence-corrected chi connectivity index (χ1v) is 10.3. The third kappa shape index (κ3) is 3.78. The topological polar surface area (TPSA) is 128 Å². The maximum Gasteiger partial charge on any atom is 0.202 e. The fourth-order valence-corrected chi connectivity index (χ4v) is 4.26. The zero-order chi connectivity index (χ0) is 22.3. The van der Waals surface area contributed by atoms with Gasteiger partial charge in [0.25, 0.3) is 0 Å². The summed E-state index contributed by atoms with van der Waals surface area (Å²) < 4.78 is 6.01. The van der Waals surface area contributed by atoms with Crippen LogP contribution in [-0.4, -0.2) is 62.2 Å². The van der Waals surface area contributed by atoms with Crippen LogP contribution in [0.25, 0.3) is 0 Å². The summed E-state index contributed by atoms with van der Waals surface area (Å²) in [6.07, 6.45) is -1.87. The smallest absolute Gasteiger partial charge is 0.202 e. The van der Waals surface area contributed by atoms with Crippen molar-refractivity contribution >= 4 is 11.6 Å². The quantitative estimate of drug-likeness (QED) is 0.545. The third-order valence-electron chi connectivity index (χ3n) is 5.96. The lowest BCUT2D eigenvalue weighted by Crippen LogP contribution is -2.38. The van der Waals surface area contributed by atoms with Gasteiger partial charge in [-0.25, -0.2) is 0 Å². The maximum atomic E-state index is 13.1. The minimum Gasteiger partial charge on any atom is -0.507 e. The number of phenols is 2. The van der Waals surface area contributed by atoms with E-state index in [-0.39, 0.29) is 35.1 Å². The molecule has 0 aliphatic carbocycles. The fraction of sp³-hybridized carbons (Fsp3) is 0.391. The van der Waals surface area contributed by atoms with Crippen LogP contribution in [0.1, 0.15) is 57.7 Å². The molecule has 31 heavy (non-hydrogen) atoms. The molecule has 0 spiro atoms. The fourth-order valence-electron chi connectivity index (χ4n) is 4.26. The van der Waals surface area contributed by atoms with Gasteiger partial charge in [-0.15, -0.1) is 0 Å². The molecule has 8 heteroatoms. The molecule has 0 bridgehead atoms. The molecule has 2 aliphatic heterocycles. The van der Waals surface area contributed by atoms with E-state index in [1.165, 1.54) is 6.92 Å². The number of ether oxygens (including phenoxy) is 1. The predicted molar refractivity (Wildman–Crippen MR) is 110 cm³/mol. The van der Waals surface area contributed by atoms with Gasteiger partial charge in [0, 0.05) is 19.6 Å². The Hall–Kier alpha value is -2.94. The molecule has 0 radical (unpaired) electrons. The molecule has 1 fully saturated rings. The number of piperidine rings is 1. The number of phenolic OH excluding ortho intramolecular Hbond substituents is 2. The monoisotopic (exact) mass is 427 g/mol. The predicted octanol–water partition coefficient (Wildman–Crippen LogP) is 1.93. The van der Waals surface area contributed by atoms with Crippen LogP contribution in [0, 0.1) is 0 Å². The van der Waals surface area contributed by atoms with Gasteiger partial charge in [-0.3, -0.25) is 14.5 Å².